The molecule has 0 radical (unpaired) electrons. The molecule has 0 N–H and O–H groups in total. The lowest BCUT2D eigenvalue weighted by molar-refractivity contribution is 0.00756. The molecule has 10 nitrogen and oxygen atoms in total. The molecule has 0 bridgehead atoms. The summed E-state index contributed by atoms with van der Waals surface area (Å²) in [6.07, 6.45) is 1.04. The number of carbonyl (C=O) groups excluding carboxylic acids is 3. The highest BCUT2D eigenvalue weighted by atomic mass is 16.6. The van der Waals surface area contributed by atoms with E-state index in [0.717, 1.165) is 48.7 Å². The van der Waals surface area contributed by atoms with Gasteiger partial charge in [-0.25, -0.2) is 14.6 Å². The maximum atomic E-state index is 12.8. The molecule has 1 amide bonds. The van der Waals surface area contributed by atoms with E-state index in [4.69, 9.17) is 14.5 Å². The monoisotopic (exact) mass is 561 g/mol. The van der Waals surface area contributed by atoms with E-state index >= 15 is 0 Å². The molecule has 1 saturated heterocycles. The molecule has 1 saturated carbocycles. The standard InChI is InChI=1S/C31H39N5O5/c1-20(37)21-7-10-23(11-8-21)34-13-15-35(16-14-34)27-12-9-22-17-26(29(38)40-6)36(28(22)32-27)25-18-24(19-25)33(5)30(39)41-31(2,3)4/h7-12,17,24-25H,13-16,18-19H2,1-6H3. The Balaban J connectivity index is 1.32. The van der Waals surface area contributed by atoms with Crippen LogP contribution < -0.4 is 9.80 Å². The summed E-state index contributed by atoms with van der Waals surface area (Å²) in [6.45, 7) is 10.4. The Morgan fingerprint density at radius 2 is 1.59 bits per heavy atom. The van der Waals surface area contributed by atoms with Gasteiger partial charge in [0.2, 0.25) is 0 Å². The van der Waals surface area contributed by atoms with Gasteiger partial charge in [-0.15, -0.1) is 0 Å². The number of methoxy groups -OCH3 is 1. The largest absolute Gasteiger partial charge is 0.464 e. The molecule has 1 aromatic carbocycles. The van der Waals surface area contributed by atoms with Gasteiger partial charge >= 0.3 is 12.1 Å². The van der Waals surface area contributed by atoms with Gasteiger partial charge in [-0.3, -0.25) is 4.79 Å². The van der Waals surface area contributed by atoms with Crippen molar-refractivity contribution in [2.45, 2.75) is 58.2 Å². The summed E-state index contributed by atoms with van der Waals surface area (Å²) in [5.41, 5.74) is 2.47. The number of hydrogen-bond acceptors (Lipinski definition) is 8. The third-order valence-electron chi connectivity index (χ3n) is 7.99. The Hall–Kier alpha value is -4.08. The molecule has 41 heavy (non-hydrogen) atoms. The van der Waals surface area contributed by atoms with Crippen molar-refractivity contribution in [2.75, 3.05) is 50.1 Å². The van der Waals surface area contributed by atoms with E-state index in [1.807, 2.05) is 67.8 Å². The molecule has 1 aliphatic heterocycles. The third kappa shape index (κ3) is 5.87. The molecule has 0 atom stereocenters. The van der Waals surface area contributed by atoms with Gasteiger partial charge in [-0.1, -0.05) is 0 Å². The van der Waals surface area contributed by atoms with Crippen LogP contribution in [0.25, 0.3) is 11.0 Å². The Kier molecular flexibility index (Phi) is 7.68. The van der Waals surface area contributed by atoms with Gasteiger partial charge in [-0.05, 0) is 83.0 Å². The van der Waals surface area contributed by atoms with Gasteiger partial charge < -0.3 is 28.7 Å². The van der Waals surface area contributed by atoms with E-state index in [1.54, 1.807) is 18.9 Å². The van der Waals surface area contributed by atoms with Gasteiger partial charge in [0.1, 0.15) is 22.8 Å². The molecular formula is C31H39N5O5. The number of ketones is 1. The number of carbonyl (C=O) groups is 3. The maximum Gasteiger partial charge on any atom is 0.410 e. The highest BCUT2D eigenvalue weighted by molar-refractivity contribution is 5.95. The minimum Gasteiger partial charge on any atom is -0.464 e. The highest BCUT2D eigenvalue weighted by Crippen LogP contribution is 2.40. The number of hydrogen-bond donors (Lipinski definition) is 0. The molecule has 3 aromatic rings. The van der Waals surface area contributed by atoms with Crippen molar-refractivity contribution in [3.05, 3.63) is 53.7 Å². The maximum absolute atomic E-state index is 12.8. The zero-order chi connectivity index (χ0) is 29.5. The molecule has 2 aliphatic rings. The van der Waals surface area contributed by atoms with Crippen LogP contribution in [0.3, 0.4) is 0 Å². The van der Waals surface area contributed by atoms with Crippen molar-refractivity contribution >= 4 is 40.4 Å². The summed E-state index contributed by atoms with van der Waals surface area (Å²) in [5.74, 6) is 0.523. The van der Waals surface area contributed by atoms with E-state index in [-0.39, 0.29) is 24.0 Å². The first-order valence-corrected chi connectivity index (χ1v) is 14.1. The Labute approximate surface area is 240 Å². The van der Waals surface area contributed by atoms with Crippen LogP contribution in [-0.4, -0.2) is 84.3 Å². The van der Waals surface area contributed by atoms with E-state index in [0.29, 0.717) is 24.1 Å². The summed E-state index contributed by atoms with van der Waals surface area (Å²) in [7, 11) is 3.15. The fourth-order valence-electron chi connectivity index (χ4n) is 5.56. The van der Waals surface area contributed by atoms with Gasteiger partial charge in [0.15, 0.2) is 5.78 Å². The first-order chi connectivity index (χ1) is 19.4. The lowest BCUT2D eigenvalue weighted by Crippen LogP contribution is -2.48. The first-order valence-electron chi connectivity index (χ1n) is 14.1. The lowest BCUT2D eigenvalue weighted by Gasteiger charge is -2.42. The van der Waals surface area contributed by atoms with Crippen LogP contribution in [-0.2, 0) is 9.47 Å². The Bertz CT molecular complexity index is 1440. The fraction of sp³-hybridized carbons (Fsp3) is 0.484. The van der Waals surface area contributed by atoms with Gasteiger partial charge in [0, 0.05) is 61.9 Å². The second kappa shape index (κ2) is 11.1. The minimum atomic E-state index is -0.560. The molecule has 2 fully saturated rings. The summed E-state index contributed by atoms with van der Waals surface area (Å²) in [6, 6.07) is 13.6. The number of aromatic nitrogens is 2. The zero-order valence-electron chi connectivity index (χ0n) is 24.7. The van der Waals surface area contributed by atoms with Crippen LogP contribution in [0.4, 0.5) is 16.3 Å². The average Bonchev–Trinajstić information content (AvgIpc) is 3.29. The van der Waals surface area contributed by atoms with Crippen molar-refractivity contribution in [1.82, 2.24) is 14.5 Å². The SMILES string of the molecule is COC(=O)c1cc2ccc(N3CCN(c4ccc(C(C)=O)cc4)CC3)nc2n1C1CC(N(C)C(=O)OC(C)(C)C)C1. The van der Waals surface area contributed by atoms with Crippen LogP contribution in [0.5, 0.6) is 0 Å². The predicted molar refractivity (Wildman–Crippen MR) is 158 cm³/mol. The highest BCUT2D eigenvalue weighted by Gasteiger charge is 2.39. The van der Waals surface area contributed by atoms with Crippen molar-refractivity contribution < 1.29 is 23.9 Å². The summed E-state index contributed by atoms with van der Waals surface area (Å²) >= 11 is 0. The zero-order valence-corrected chi connectivity index (χ0v) is 24.7. The number of Topliss-reactive ketones (excluding diaryl/α,β-unsaturated/α-hetero) is 1. The molecular weight excluding hydrogens is 522 g/mol. The number of amides is 1. The number of rotatable bonds is 6. The topological polar surface area (TPSA) is 97.2 Å². The van der Waals surface area contributed by atoms with Crippen molar-refractivity contribution in [1.29, 1.82) is 0 Å². The van der Waals surface area contributed by atoms with Gasteiger partial charge in [0.05, 0.1) is 7.11 Å². The van der Waals surface area contributed by atoms with Gasteiger partial charge in [-0.2, -0.15) is 0 Å². The summed E-state index contributed by atoms with van der Waals surface area (Å²) in [5, 5.41) is 0.877. The molecule has 10 heteroatoms. The lowest BCUT2D eigenvalue weighted by atomic mass is 9.85. The van der Waals surface area contributed by atoms with E-state index in [1.165, 1.54) is 7.11 Å². The minimum absolute atomic E-state index is 0.00839. The Morgan fingerprint density at radius 1 is 0.951 bits per heavy atom. The van der Waals surface area contributed by atoms with E-state index in [2.05, 4.69) is 9.80 Å². The predicted octanol–water partition coefficient (Wildman–Crippen LogP) is 4.92. The third-order valence-corrected chi connectivity index (χ3v) is 7.99. The number of esters is 1. The summed E-state index contributed by atoms with van der Waals surface area (Å²) < 4.78 is 12.6. The first kappa shape index (κ1) is 28.4. The number of piperazine rings is 1. The number of fused-ring (bicyclic) bond motifs is 1. The van der Waals surface area contributed by atoms with Crippen molar-refractivity contribution in [3.8, 4) is 0 Å². The Morgan fingerprint density at radius 3 is 2.17 bits per heavy atom. The number of benzene rings is 1. The van der Waals surface area contributed by atoms with Crippen molar-refractivity contribution in [2.24, 2.45) is 0 Å². The molecule has 2 aromatic heterocycles. The second-order valence-electron chi connectivity index (χ2n) is 11.9. The molecule has 5 rings (SSSR count). The summed E-state index contributed by atoms with van der Waals surface area (Å²) in [4.78, 5) is 48.2. The van der Waals surface area contributed by atoms with Crippen LogP contribution >= 0.6 is 0 Å². The number of anilines is 2. The fourth-order valence-corrected chi connectivity index (χ4v) is 5.56. The number of pyridine rings is 1. The molecule has 1 aliphatic carbocycles. The van der Waals surface area contributed by atoms with E-state index < -0.39 is 11.6 Å². The normalized spacial score (nSPS) is 19.1. The van der Waals surface area contributed by atoms with Crippen LogP contribution in [0.1, 0.15) is 67.4 Å². The average molecular weight is 562 g/mol. The quantitative estimate of drug-likeness (QED) is 0.309. The van der Waals surface area contributed by atoms with Crippen LogP contribution in [0, 0.1) is 0 Å². The number of nitrogens with zero attached hydrogens (tertiary/aromatic N) is 5. The smallest absolute Gasteiger partial charge is 0.410 e. The van der Waals surface area contributed by atoms with E-state index in [9.17, 15) is 14.4 Å². The molecule has 218 valence electrons. The molecule has 3 heterocycles. The van der Waals surface area contributed by atoms with Crippen LogP contribution in [0.2, 0.25) is 0 Å². The van der Waals surface area contributed by atoms with Gasteiger partial charge in [0.25, 0.3) is 0 Å². The second-order valence-corrected chi connectivity index (χ2v) is 11.9. The number of ether oxygens (including phenoxy) is 2. The van der Waals surface area contributed by atoms with Crippen molar-refractivity contribution in [3.63, 3.8) is 0 Å². The molecule has 0 spiro atoms. The molecule has 0 unspecified atom stereocenters. The van der Waals surface area contributed by atoms with Crippen LogP contribution in [0.15, 0.2) is 42.5 Å².